The molecule has 0 spiro atoms. The second kappa shape index (κ2) is 8.54. The fourth-order valence-electron chi connectivity index (χ4n) is 2.08. The lowest BCUT2D eigenvalue weighted by atomic mass is 10.1. The highest BCUT2D eigenvalue weighted by Crippen LogP contribution is 2.55. The Morgan fingerprint density at radius 1 is 0.929 bits per heavy atom. The van der Waals surface area contributed by atoms with Crippen LogP contribution in [0.4, 0.5) is 0 Å². The molecule has 28 heavy (non-hydrogen) atoms. The monoisotopic (exact) mass is 416 g/mol. The van der Waals surface area contributed by atoms with Gasteiger partial charge in [0.15, 0.2) is 0 Å². The number of phosphoric acid groups is 1. The van der Waals surface area contributed by atoms with Crippen molar-refractivity contribution in [1.82, 2.24) is 0 Å². The van der Waals surface area contributed by atoms with Crippen LogP contribution in [0, 0.1) is 0 Å². The predicted molar refractivity (Wildman–Crippen MR) is 107 cm³/mol. The molecule has 0 radical (unpaired) electrons. The summed E-state index contributed by atoms with van der Waals surface area (Å²) in [4.78, 5) is 12.4. The van der Waals surface area contributed by atoms with Crippen molar-refractivity contribution in [2.75, 3.05) is 0 Å². The van der Waals surface area contributed by atoms with Crippen LogP contribution >= 0.6 is 7.82 Å². The number of ether oxygens (including phenoxy) is 1. The number of phosphoric ester groups is 1. The third kappa shape index (κ3) is 8.74. The van der Waals surface area contributed by atoms with Crippen LogP contribution in [0.5, 0.6) is 5.75 Å². The Kier molecular flexibility index (Phi) is 7.51. The van der Waals surface area contributed by atoms with Gasteiger partial charge in [-0.05, 0) is 74.4 Å². The van der Waals surface area contributed by atoms with Gasteiger partial charge in [-0.1, -0.05) is 6.07 Å². The van der Waals surface area contributed by atoms with Crippen LogP contribution in [0.1, 0.15) is 78.2 Å². The molecule has 1 aromatic rings. The summed E-state index contributed by atoms with van der Waals surface area (Å²) in [5, 5.41) is 9.63. The molecular formula is C20H33O7P. The highest BCUT2D eigenvalue weighted by Gasteiger charge is 2.39. The summed E-state index contributed by atoms with van der Waals surface area (Å²) in [7, 11) is -4.08. The highest BCUT2D eigenvalue weighted by molar-refractivity contribution is 7.49. The van der Waals surface area contributed by atoms with Gasteiger partial charge in [-0.25, -0.2) is 9.36 Å². The maximum atomic E-state index is 13.3. The van der Waals surface area contributed by atoms with E-state index in [2.05, 4.69) is 0 Å². The van der Waals surface area contributed by atoms with Crippen molar-refractivity contribution >= 4 is 13.8 Å². The standard InChI is InChI=1S/C20H33O7P/c1-18(2,3)24-17(22)14-10-11-15(13-21)16(12-14)25-28(23,26-19(4,5)6)27-20(7,8)9/h10-12,21H,13H2,1-9H3. The normalized spacial score (nSPS) is 13.4. The molecule has 0 fully saturated rings. The van der Waals surface area contributed by atoms with Crippen LogP contribution in [-0.4, -0.2) is 27.9 Å². The Balaban J connectivity index is 3.32. The van der Waals surface area contributed by atoms with Gasteiger partial charge >= 0.3 is 13.8 Å². The van der Waals surface area contributed by atoms with Crippen molar-refractivity contribution in [2.45, 2.75) is 85.7 Å². The SMILES string of the molecule is CC(C)(C)OC(=O)c1ccc(CO)c(OP(=O)(OC(C)(C)C)OC(C)(C)C)c1. The Morgan fingerprint density at radius 3 is 1.82 bits per heavy atom. The van der Waals surface area contributed by atoms with Crippen molar-refractivity contribution < 1.29 is 32.8 Å². The summed E-state index contributed by atoms with van der Waals surface area (Å²) in [5.41, 5.74) is -1.78. The Labute approximate surface area is 168 Å². The molecule has 0 aliphatic rings. The molecule has 0 heterocycles. The number of hydrogen-bond donors (Lipinski definition) is 1. The van der Waals surface area contributed by atoms with Crippen LogP contribution in [0.3, 0.4) is 0 Å². The molecule has 1 N–H and O–H groups in total. The number of esters is 1. The van der Waals surface area contributed by atoms with Crippen LogP contribution < -0.4 is 4.52 Å². The molecule has 0 atom stereocenters. The average Bonchev–Trinajstić information content (AvgIpc) is 2.40. The molecular weight excluding hydrogens is 383 g/mol. The van der Waals surface area contributed by atoms with Gasteiger partial charge in [-0.3, -0.25) is 9.05 Å². The number of aliphatic hydroxyl groups is 1. The van der Waals surface area contributed by atoms with Gasteiger partial charge in [0.2, 0.25) is 0 Å². The van der Waals surface area contributed by atoms with Crippen LogP contribution in [-0.2, 0) is 25.0 Å². The third-order valence-electron chi connectivity index (χ3n) is 2.85. The molecule has 7 nitrogen and oxygen atoms in total. The summed E-state index contributed by atoms with van der Waals surface area (Å²) in [5.74, 6) is -0.534. The molecule has 0 aromatic heterocycles. The first-order valence-corrected chi connectivity index (χ1v) is 10.6. The number of hydrogen-bond acceptors (Lipinski definition) is 7. The third-order valence-corrected chi connectivity index (χ3v) is 4.82. The second-order valence-corrected chi connectivity index (χ2v) is 10.9. The molecule has 0 unspecified atom stereocenters. The number of carbonyl (C=O) groups is 1. The van der Waals surface area contributed by atoms with E-state index in [4.69, 9.17) is 18.3 Å². The topological polar surface area (TPSA) is 91.3 Å². The first-order chi connectivity index (χ1) is 12.4. The minimum absolute atomic E-state index is 0.0303. The maximum Gasteiger partial charge on any atom is 0.531 e. The molecule has 0 aliphatic heterocycles. The molecule has 1 aromatic carbocycles. The van der Waals surface area contributed by atoms with Gasteiger partial charge in [0, 0.05) is 5.56 Å². The van der Waals surface area contributed by atoms with E-state index in [1.165, 1.54) is 18.2 Å². The van der Waals surface area contributed by atoms with E-state index in [0.29, 0.717) is 5.56 Å². The van der Waals surface area contributed by atoms with Crippen LogP contribution in [0.15, 0.2) is 18.2 Å². The maximum absolute atomic E-state index is 13.3. The van der Waals surface area contributed by atoms with Crippen molar-refractivity contribution in [3.63, 3.8) is 0 Å². The van der Waals surface area contributed by atoms with Crippen molar-refractivity contribution in [1.29, 1.82) is 0 Å². The van der Waals surface area contributed by atoms with Gasteiger partial charge in [-0.15, -0.1) is 0 Å². The van der Waals surface area contributed by atoms with Crippen molar-refractivity contribution in [2.24, 2.45) is 0 Å². The molecule has 0 bridgehead atoms. The summed E-state index contributed by atoms with van der Waals surface area (Å²) in [6.07, 6.45) is 0. The van der Waals surface area contributed by atoms with E-state index < -0.39 is 30.6 Å². The quantitative estimate of drug-likeness (QED) is 0.500. The average molecular weight is 416 g/mol. The zero-order valence-electron chi connectivity index (χ0n) is 18.3. The lowest BCUT2D eigenvalue weighted by Crippen LogP contribution is -2.26. The predicted octanol–water partition coefficient (Wildman–Crippen LogP) is 5.25. The summed E-state index contributed by atoms with van der Waals surface area (Å²) >= 11 is 0. The Bertz CT molecular complexity index is 716. The van der Waals surface area contributed by atoms with E-state index in [1.54, 1.807) is 62.3 Å². The number of rotatable bonds is 6. The van der Waals surface area contributed by atoms with Crippen molar-refractivity contribution in [3.8, 4) is 5.75 Å². The van der Waals surface area contributed by atoms with E-state index in [-0.39, 0.29) is 17.9 Å². The number of benzene rings is 1. The smallest absolute Gasteiger partial charge is 0.456 e. The minimum atomic E-state index is -4.08. The number of carbonyl (C=O) groups excluding carboxylic acids is 1. The van der Waals surface area contributed by atoms with E-state index in [0.717, 1.165) is 0 Å². The molecule has 160 valence electrons. The molecule has 0 aliphatic carbocycles. The molecule has 0 saturated carbocycles. The zero-order valence-corrected chi connectivity index (χ0v) is 19.2. The van der Waals surface area contributed by atoms with Gasteiger partial charge < -0.3 is 14.4 Å². The lowest BCUT2D eigenvalue weighted by molar-refractivity contribution is 0.00650. The van der Waals surface area contributed by atoms with Gasteiger partial charge in [-0.2, -0.15) is 0 Å². The van der Waals surface area contributed by atoms with Crippen molar-refractivity contribution in [3.05, 3.63) is 29.3 Å². The lowest BCUT2D eigenvalue weighted by Gasteiger charge is -2.31. The molecule has 1 rings (SSSR count). The highest BCUT2D eigenvalue weighted by atomic mass is 31.2. The fourth-order valence-corrected chi connectivity index (χ4v) is 3.95. The largest absolute Gasteiger partial charge is 0.531 e. The van der Waals surface area contributed by atoms with Crippen LogP contribution in [0.2, 0.25) is 0 Å². The van der Waals surface area contributed by atoms with E-state index >= 15 is 0 Å². The molecule has 0 amide bonds. The Morgan fingerprint density at radius 2 is 1.43 bits per heavy atom. The Hall–Kier alpha value is -1.40. The number of aliphatic hydroxyl groups excluding tert-OH is 1. The minimum Gasteiger partial charge on any atom is -0.456 e. The molecule has 0 saturated heterocycles. The summed E-state index contributed by atoms with van der Waals surface area (Å²) in [6, 6.07) is 4.38. The van der Waals surface area contributed by atoms with E-state index in [1.807, 2.05) is 0 Å². The second-order valence-electron chi connectivity index (χ2n) is 9.43. The van der Waals surface area contributed by atoms with Gasteiger partial charge in [0.25, 0.3) is 0 Å². The molecule has 8 heteroatoms. The van der Waals surface area contributed by atoms with Gasteiger partial charge in [0.1, 0.15) is 11.4 Å². The first kappa shape index (κ1) is 24.6. The van der Waals surface area contributed by atoms with Gasteiger partial charge in [0.05, 0.1) is 23.4 Å². The summed E-state index contributed by atoms with van der Waals surface area (Å²) in [6.45, 7) is 15.2. The zero-order chi connectivity index (χ0) is 22.0. The summed E-state index contributed by atoms with van der Waals surface area (Å²) < 4.78 is 35.5. The van der Waals surface area contributed by atoms with Crippen LogP contribution in [0.25, 0.3) is 0 Å². The fraction of sp³-hybridized carbons (Fsp3) is 0.650. The van der Waals surface area contributed by atoms with E-state index in [9.17, 15) is 14.5 Å². The first-order valence-electron chi connectivity index (χ1n) is 9.11.